The summed E-state index contributed by atoms with van der Waals surface area (Å²) in [5.74, 6) is -0.510. The highest BCUT2D eigenvalue weighted by Crippen LogP contribution is 2.30. The Bertz CT molecular complexity index is 1240. The quantitative estimate of drug-likeness (QED) is 0.500. The maximum Gasteiger partial charge on any atom is 0.220 e. The minimum absolute atomic E-state index is 0.436. The molecule has 27 heavy (non-hydrogen) atoms. The van der Waals surface area contributed by atoms with Gasteiger partial charge in [0.1, 0.15) is 11.4 Å². The van der Waals surface area contributed by atoms with Gasteiger partial charge in [0.05, 0.1) is 23.6 Å². The van der Waals surface area contributed by atoms with Crippen molar-refractivity contribution >= 4 is 10.9 Å². The Kier molecular flexibility index (Phi) is 3.46. The smallest absolute Gasteiger partial charge is 0.220 e. The number of benzene rings is 1. The second-order valence-electron chi connectivity index (χ2n) is 5.93. The Labute approximate surface area is 152 Å². The van der Waals surface area contributed by atoms with Crippen LogP contribution in [0.1, 0.15) is 0 Å². The number of fused-ring (bicyclic) bond motifs is 1. The minimum Gasteiger partial charge on any atom is -0.277 e. The lowest BCUT2D eigenvalue weighted by Crippen LogP contribution is -1.94. The molecule has 0 spiro atoms. The van der Waals surface area contributed by atoms with E-state index in [9.17, 15) is 4.39 Å². The van der Waals surface area contributed by atoms with Gasteiger partial charge in [-0.2, -0.15) is 9.49 Å². The van der Waals surface area contributed by atoms with E-state index in [1.54, 1.807) is 35.4 Å². The first-order chi connectivity index (χ1) is 13.3. The Morgan fingerprint density at radius 3 is 2.81 bits per heavy atom. The standard InChI is InChI=1S/C19H12FN7/c20-19-14(4-2-8-22-19)12-5-6-16-15(9-12)18(25-23-16)17-11-27(26-24-17)13-3-1-7-21-10-13/h1-11H,(H,23,25). The lowest BCUT2D eigenvalue weighted by molar-refractivity contribution is 0.587. The molecule has 130 valence electrons. The number of H-pyrrole nitrogens is 1. The van der Waals surface area contributed by atoms with Crippen molar-refractivity contribution in [3.8, 4) is 28.2 Å². The van der Waals surface area contributed by atoms with E-state index in [0.717, 1.165) is 22.2 Å². The molecule has 4 heterocycles. The number of pyridine rings is 2. The third-order valence-corrected chi connectivity index (χ3v) is 4.28. The van der Waals surface area contributed by atoms with Gasteiger partial charge in [-0.3, -0.25) is 10.1 Å². The Hall–Kier alpha value is -3.94. The van der Waals surface area contributed by atoms with Crippen molar-refractivity contribution < 1.29 is 4.39 Å². The second kappa shape index (κ2) is 6.10. The molecule has 0 atom stereocenters. The van der Waals surface area contributed by atoms with Gasteiger partial charge in [0, 0.05) is 23.3 Å². The van der Waals surface area contributed by atoms with Crippen molar-refractivity contribution in [1.82, 2.24) is 35.2 Å². The summed E-state index contributed by atoms with van der Waals surface area (Å²) < 4.78 is 15.7. The highest BCUT2D eigenvalue weighted by Gasteiger charge is 2.14. The van der Waals surface area contributed by atoms with E-state index in [2.05, 4.69) is 30.5 Å². The normalized spacial score (nSPS) is 11.1. The van der Waals surface area contributed by atoms with Crippen LogP contribution in [0, 0.1) is 5.95 Å². The molecule has 0 amide bonds. The van der Waals surface area contributed by atoms with Gasteiger partial charge in [0.2, 0.25) is 5.95 Å². The lowest BCUT2D eigenvalue weighted by Gasteiger charge is -2.03. The molecule has 0 bridgehead atoms. The molecular weight excluding hydrogens is 345 g/mol. The molecule has 0 aliphatic heterocycles. The average Bonchev–Trinajstić information content (AvgIpc) is 3.35. The van der Waals surface area contributed by atoms with Crippen LogP contribution < -0.4 is 0 Å². The van der Waals surface area contributed by atoms with Gasteiger partial charge >= 0.3 is 0 Å². The molecular formula is C19H12FN7. The van der Waals surface area contributed by atoms with Crippen LogP contribution in [0.25, 0.3) is 39.1 Å². The van der Waals surface area contributed by atoms with Crippen LogP contribution in [0.15, 0.2) is 67.3 Å². The molecule has 1 aromatic carbocycles. The van der Waals surface area contributed by atoms with Gasteiger partial charge in [0.25, 0.3) is 0 Å². The second-order valence-corrected chi connectivity index (χ2v) is 5.93. The molecule has 0 radical (unpaired) electrons. The first-order valence-electron chi connectivity index (χ1n) is 8.22. The fourth-order valence-corrected chi connectivity index (χ4v) is 2.97. The van der Waals surface area contributed by atoms with Crippen molar-refractivity contribution in [2.75, 3.05) is 0 Å². The van der Waals surface area contributed by atoms with Crippen LogP contribution in [-0.2, 0) is 0 Å². The van der Waals surface area contributed by atoms with Crippen molar-refractivity contribution in [1.29, 1.82) is 0 Å². The van der Waals surface area contributed by atoms with Crippen molar-refractivity contribution in [3.05, 3.63) is 73.2 Å². The Balaban J connectivity index is 1.61. The fraction of sp³-hybridized carbons (Fsp3) is 0. The van der Waals surface area contributed by atoms with E-state index < -0.39 is 5.95 Å². The Morgan fingerprint density at radius 2 is 1.96 bits per heavy atom. The van der Waals surface area contributed by atoms with Crippen LogP contribution >= 0.6 is 0 Å². The molecule has 0 saturated heterocycles. The van der Waals surface area contributed by atoms with E-state index >= 15 is 0 Å². The molecule has 0 aliphatic carbocycles. The Morgan fingerprint density at radius 1 is 1.04 bits per heavy atom. The third kappa shape index (κ3) is 2.63. The molecule has 4 aromatic heterocycles. The van der Waals surface area contributed by atoms with Gasteiger partial charge < -0.3 is 0 Å². The van der Waals surface area contributed by atoms with Gasteiger partial charge in [-0.15, -0.1) is 5.10 Å². The molecule has 1 N–H and O–H groups in total. The van der Waals surface area contributed by atoms with Gasteiger partial charge in [-0.05, 0) is 42.0 Å². The number of nitrogens with one attached hydrogen (secondary N) is 1. The SMILES string of the molecule is Fc1ncccc1-c1ccc2[nH]nc(-c3cn(-c4cccnc4)nn3)c2c1. The molecule has 0 aliphatic rings. The van der Waals surface area contributed by atoms with Crippen LogP contribution in [0.5, 0.6) is 0 Å². The van der Waals surface area contributed by atoms with Crippen molar-refractivity contribution in [2.24, 2.45) is 0 Å². The summed E-state index contributed by atoms with van der Waals surface area (Å²) in [6.45, 7) is 0. The van der Waals surface area contributed by atoms with Crippen molar-refractivity contribution in [3.63, 3.8) is 0 Å². The monoisotopic (exact) mass is 357 g/mol. The van der Waals surface area contributed by atoms with Gasteiger partial charge in [-0.1, -0.05) is 11.3 Å². The van der Waals surface area contributed by atoms with Gasteiger partial charge in [0.15, 0.2) is 0 Å². The van der Waals surface area contributed by atoms with Crippen LogP contribution in [0.2, 0.25) is 0 Å². The number of halogens is 1. The number of hydrogen-bond donors (Lipinski definition) is 1. The highest BCUT2D eigenvalue weighted by molar-refractivity contribution is 5.94. The summed E-state index contributed by atoms with van der Waals surface area (Å²) in [7, 11) is 0. The van der Waals surface area contributed by atoms with E-state index in [1.165, 1.54) is 6.20 Å². The van der Waals surface area contributed by atoms with E-state index in [4.69, 9.17) is 0 Å². The van der Waals surface area contributed by atoms with E-state index in [0.29, 0.717) is 17.0 Å². The summed E-state index contributed by atoms with van der Waals surface area (Å²) >= 11 is 0. The summed E-state index contributed by atoms with van der Waals surface area (Å²) in [6.07, 6.45) is 6.60. The summed E-state index contributed by atoms with van der Waals surface area (Å²) in [5, 5.41) is 16.5. The van der Waals surface area contributed by atoms with Crippen LogP contribution in [-0.4, -0.2) is 35.2 Å². The summed E-state index contributed by atoms with van der Waals surface area (Å²) in [5.41, 5.74) is 4.03. The number of rotatable bonds is 3. The predicted octanol–water partition coefficient (Wildman–Crippen LogP) is 3.41. The third-order valence-electron chi connectivity index (χ3n) is 4.28. The molecule has 7 nitrogen and oxygen atoms in total. The topological polar surface area (TPSA) is 85.2 Å². The fourth-order valence-electron chi connectivity index (χ4n) is 2.97. The molecule has 5 aromatic rings. The van der Waals surface area contributed by atoms with Gasteiger partial charge in [-0.25, -0.2) is 9.67 Å². The largest absolute Gasteiger partial charge is 0.277 e. The number of aromatic nitrogens is 7. The number of nitrogens with zero attached hydrogens (tertiary/aromatic N) is 6. The molecule has 0 saturated carbocycles. The van der Waals surface area contributed by atoms with Crippen LogP contribution in [0.3, 0.4) is 0 Å². The molecule has 0 unspecified atom stereocenters. The molecule has 8 heteroatoms. The number of aromatic amines is 1. The van der Waals surface area contributed by atoms with Crippen LogP contribution in [0.4, 0.5) is 4.39 Å². The molecule has 0 fully saturated rings. The summed E-state index contributed by atoms with van der Waals surface area (Å²) in [4.78, 5) is 7.80. The summed E-state index contributed by atoms with van der Waals surface area (Å²) in [6, 6.07) is 12.7. The molecule has 5 rings (SSSR count). The first-order valence-corrected chi connectivity index (χ1v) is 8.22. The maximum absolute atomic E-state index is 14.0. The van der Waals surface area contributed by atoms with Crippen molar-refractivity contribution in [2.45, 2.75) is 0 Å². The van der Waals surface area contributed by atoms with E-state index in [1.807, 2.05) is 30.3 Å². The lowest BCUT2D eigenvalue weighted by atomic mass is 10.0. The highest BCUT2D eigenvalue weighted by atomic mass is 19.1. The average molecular weight is 357 g/mol. The first kappa shape index (κ1) is 15.3. The number of hydrogen-bond acceptors (Lipinski definition) is 5. The zero-order valence-corrected chi connectivity index (χ0v) is 13.9. The maximum atomic E-state index is 14.0. The zero-order chi connectivity index (χ0) is 18.2. The predicted molar refractivity (Wildman–Crippen MR) is 97.4 cm³/mol. The zero-order valence-electron chi connectivity index (χ0n) is 13.9. The van der Waals surface area contributed by atoms with E-state index in [-0.39, 0.29) is 0 Å². The minimum atomic E-state index is -0.510.